The van der Waals surface area contributed by atoms with Crippen molar-refractivity contribution in [1.82, 2.24) is 19.6 Å². The van der Waals surface area contributed by atoms with E-state index in [0.717, 1.165) is 5.69 Å². The third-order valence-corrected chi connectivity index (χ3v) is 9.22. The van der Waals surface area contributed by atoms with Crippen LogP contribution in [-0.2, 0) is 41.8 Å². The fourth-order valence-corrected chi connectivity index (χ4v) is 5.53. The van der Waals surface area contributed by atoms with Crippen molar-refractivity contribution < 1.29 is 20.1 Å². The predicted octanol–water partition coefficient (Wildman–Crippen LogP) is 6.68. The Kier molecular flexibility index (Phi) is 6.06. The molecule has 0 aliphatic carbocycles. The molecule has 2 aromatic heterocycles. The normalized spacial score (nSPS) is 19.0. The van der Waals surface area contributed by atoms with E-state index in [1.54, 1.807) is 0 Å². The van der Waals surface area contributed by atoms with E-state index in [1.807, 2.05) is 23.1 Å². The molecule has 0 spiro atoms. The van der Waals surface area contributed by atoms with Crippen molar-refractivity contribution in [3.8, 4) is 11.4 Å². The second-order valence-electron chi connectivity index (χ2n) is 11.7. The van der Waals surface area contributed by atoms with Crippen molar-refractivity contribution in [3.63, 3.8) is 0 Å². The van der Waals surface area contributed by atoms with Gasteiger partial charge in [-0.25, -0.2) is 4.68 Å². The number of benzene rings is 2. The molecule has 4 heterocycles. The van der Waals surface area contributed by atoms with Gasteiger partial charge in [0.2, 0.25) is 0 Å². The quantitative estimate of drug-likeness (QED) is 0.201. The molecule has 0 atom stereocenters. The van der Waals surface area contributed by atoms with Crippen molar-refractivity contribution in [2.75, 3.05) is 0 Å². The SMILES string of the molecule is CC1(C)c2ccc[c-]c2-n2nccc2C1(C)C.CC1(C)c2ccccc2-n2nccc2C1(C)C.[Ir]. The van der Waals surface area contributed by atoms with E-state index in [4.69, 9.17) is 0 Å². The first-order valence-electron chi connectivity index (χ1n) is 12.1. The molecule has 2 aliphatic heterocycles. The zero-order chi connectivity index (χ0) is 24.5. The van der Waals surface area contributed by atoms with E-state index in [1.165, 1.54) is 28.2 Å². The van der Waals surface area contributed by atoms with Gasteiger partial charge >= 0.3 is 0 Å². The van der Waals surface area contributed by atoms with Gasteiger partial charge in [-0.1, -0.05) is 73.6 Å². The second-order valence-corrected chi connectivity index (χ2v) is 11.7. The van der Waals surface area contributed by atoms with Crippen LogP contribution in [0.2, 0.25) is 0 Å². The molecule has 35 heavy (non-hydrogen) atoms. The largest absolute Gasteiger partial charge is 0.262 e. The van der Waals surface area contributed by atoms with Crippen LogP contribution in [0.5, 0.6) is 0 Å². The molecular formula is C30H35IrN4-. The first-order chi connectivity index (χ1) is 15.9. The number of nitrogens with zero attached hydrogens (tertiary/aromatic N) is 4. The Hall–Kier alpha value is -2.49. The molecule has 0 saturated carbocycles. The summed E-state index contributed by atoms with van der Waals surface area (Å²) in [5.41, 5.74) is 7.90. The fourth-order valence-electron chi connectivity index (χ4n) is 5.53. The minimum Gasteiger partial charge on any atom is -0.262 e. The fraction of sp³-hybridized carbons (Fsp3) is 0.400. The Balaban J connectivity index is 0.000000160. The zero-order valence-electron chi connectivity index (χ0n) is 22.0. The number of rotatable bonds is 0. The molecule has 0 N–H and O–H groups in total. The molecule has 0 fully saturated rings. The smallest absolute Gasteiger partial charge is 0.0686 e. The molecule has 1 radical (unpaired) electrons. The van der Waals surface area contributed by atoms with Crippen LogP contribution in [-0.4, -0.2) is 19.6 Å². The van der Waals surface area contributed by atoms with E-state index >= 15 is 0 Å². The van der Waals surface area contributed by atoms with Gasteiger partial charge in [0.15, 0.2) is 0 Å². The molecule has 5 heteroatoms. The van der Waals surface area contributed by atoms with Crippen LogP contribution in [0.4, 0.5) is 0 Å². The van der Waals surface area contributed by atoms with Gasteiger partial charge < -0.3 is 0 Å². The van der Waals surface area contributed by atoms with Crippen LogP contribution < -0.4 is 0 Å². The van der Waals surface area contributed by atoms with Crippen LogP contribution >= 0.6 is 0 Å². The minimum atomic E-state index is 0. The van der Waals surface area contributed by atoms with Crippen molar-refractivity contribution in [3.05, 3.63) is 95.6 Å². The van der Waals surface area contributed by atoms with Crippen LogP contribution in [0.1, 0.15) is 77.9 Å². The van der Waals surface area contributed by atoms with Gasteiger partial charge in [0.1, 0.15) is 0 Å². The molecule has 0 amide bonds. The molecule has 0 bridgehead atoms. The zero-order valence-corrected chi connectivity index (χ0v) is 24.4. The van der Waals surface area contributed by atoms with Crippen LogP contribution in [0.3, 0.4) is 0 Å². The molecule has 0 saturated heterocycles. The van der Waals surface area contributed by atoms with Crippen molar-refractivity contribution in [2.24, 2.45) is 0 Å². The summed E-state index contributed by atoms with van der Waals surface area (Å²) < 4.78 is 4.11. The van der Waals surface area contributed by atoms with E-state index < -0.39 is 0 Å². The number of fused-ring (bicyclic) bond motifs is 6. The Morgan fingerprint density at radius 1 is 0.600 bits per heavy atom. The van der Waals surface area contributed by atoms with E-state index in [2.05, 4.69) is 125 Å². The Morgan fingerprint density at radius 3 is 1.77 bits per heavy atom. The van der Waals surface area contributed by atoms with Gasteiger partial charge in [-0.2, -0.15) is 34.5 Å². The topological polar surface area (TPSA) is 35.6 Å². The van der Waals surface area contributed by atoms with Crippen LogP contribution in [0.25, 0.3) is 11.4 Å². The van der Waals surface area contributed by atoms with Crippen molar-refractivity contribution in [1.29, 1.82) is 0 Å². The number of aromatic nitrogens is 4. The van der Waals surface area contributed by atoms with Crippen LogP contribution in [0.15, 0.2) is 67.0 Å². The van der Waals surface area contributed by atoms with Crippen molar-refractivity contribution in [2.45, 2.75) is 77.0 Å². The van der Waals surface area contributed by atoms with E-state index in [9.17, 15) is 0 Å². The molecule has 2 aromatic carbocycles. The van der Waals surface area contributed by atoms with Crippen LogP contribution in [0, 0.1) is 6.07 Å². The van der Waals surface area contributed by atoms with Gasteiger partial charge in [-0.05, 0) is 34.9 Å². The number of para-hydroxylation sites is 2. The molecule has 2 aliphatic rings. The second kappa shape index (κ2) is 8.28. The summed E-state index contributed by atoms with van der Waals surface area (Å²) in [6.45, 7) is 18.4. The van der Waals surface area contributed by atoms with Gasteiger partial charge in [0.25, 0.3) is 0 Å². The summed E-state index contributed by atoms with van der Waals surface area (Å²) in [5.74, 6) is 0. The van der Waals surface area contributed by atoms with Gasteiger partial charge in [0.05, 0.1) is 11.4 Å². The summed E-state index contributed by atoms with van der Waals surface area (Å²) in [4.78, 5) is 0. The van der Waals surface area contributed by atoms with Gasteiger partial charge in [-0.3, -0.25) is 4.68 Å². The van der Waals surface area contributed by atoms with E-state index in [-0.39, 0.29) is 41.8 Å². The predicted molar refractivity (Wildman–Crippen MR) is 138 cm³/mol. The summed E-state index contributed by atoms with van der Waals surface area (Å²) in [6.07, 6.45) is 3.78. The average molecular weight is 644 g/mol. The Labute approximate surface area is 223 Å². The number of hydrogen-bond acceptors (Lipinski definition) is 2. The molecule has 4 aromatic rings. The maximum Gasteiger partial charge on any atom is 0.0686 e. The Morgan fingerprint density at radius 2 is 1.11 bits per heavy atom. The van der Waals surface area contributed by atoms with E-state index in [0.29, 0.717) is 0 Å². The first kappa shape index (κ1) is 25.6. The third-order valence-electron chi connectivity index (χ3n) is 9.22. The van der Waals surface area contributed by atoms with Gasteiger partial charge in [0, 0.05) is 54.4 Å². The summed E-state index contributed by atoms with van der Waals surface area (Å²) in [7, 11) is 0. The molecular weight excluding hydrogens is 609 g/mol. The first-order valence-corrected chi connectivity index (χ1v) is 12.1. The molecule has 185 valence electrons. The summed E-state index contributed by atoms with van der Waals surface area (Å²) in [5, 5.41) is 8.92. The van der Waals surface area contributed by atoms with Gasteiger partial charge in [-0.15, -0.1) is 5.56 Å². The third kappa shape index (κ3) is 3.42. The number of hydrogen-bond donors (Lipinski definition) is 0. The van der Waals surface area contributed by atoms with Crippen molar-refractivity contribution >= 4 is 0 Å². The Bertz CT molecular complexity index is 1260. The maximum absolute atomic E-state index is 4.48. The molecule has 6 rings (SSSR count). The summed E-state index contributed by atoms with van der Waals surface area (Å²) in [6, 6.07) is 22.4. The minimum absolute atomic E-state index is 0. The maximum atomic E-state index is 4.48. The molecule has 0 unspecified atom stereocenters. The monoisotopic (exact) mass is 644 g/mol. The average Bonchev–Trinajstić information content (AvgIpc) is 3.49. The standard InChI is InChI=1S/C15H18N2.C15H17N2.Ir/c2*1-14(2)11-7-5-6-8-12(11)17-13(9-10-16-17)15(14,3)4;/h5-10H,1-4H3;5-7,9-10H,1-4H3;/q;-1;. The summed E-state index contributed by atoms with van der Waals surface area (Å²) >= 11 is 0. The molecule has 4 nitrogen and oxygen atoms in total.